The Labute approximate surface area is 254 Å². The molecular weight excluding hydrogens is 548 g/mol. The fourth-order valence-electron chi connectivity index (χ4n) is 6.04. The Balaban J connectivity index is 2.57. The van der Waals surface area contributed by atoms with Gasteiger partial charge in [0.15, 0.2) is 11.5 Å². The van der Waals surface area contributed by atoms with Crippen molar-refractivity contribution in [3.8, 4) is 11.5 Å². The highest BCUT2D eigenvalue weighted by Crippen LogP contribution is 2.36. The second-order valence-electron chi connectivity index (χ2n) is 12.1. The highest BCUT2D eigenvalue weighted by molar-refractivity contribution is 5.88. The zero-order valence-electron chi connectivity index (χ0n) is 26.9. The standard InChI is InChI=1S/C33H52N4O6/c1-7-11-15-23-21(5)22(6)24(16-12-8-2)28-26(23)34-27-30(35-32(42)36(31(27)41)18-14-10-4)37(28)20-33(43,17-13-9-3)29(40)25(39)19-38/h25,29,38-40,43H,7-20H2,1-6H3. The molecule has 43 heavy (non-hydrogen) atoms. The second kappa shape index (κ2) is 15.4. The van der Waals surface area contributed by atoms with Crippen molar-refractivity contribution >= 4 is 11.0 Å². The van der Waals surface area contributed by atoms with Gasteiger partial charge in [-0.3, -0.25) is 9.36 Å². The third kappa shape index (κ3) is 7.19. The first kappa shape index (κ1) is 34.8. The van der Waals surface area contributed by atoms with Crippen LogP contribution in [0.15, 0.2) is 9.59 Å². The van der Waals surface area contributed by atoms with Crippen molar-refractivity contribution < 1.29 is 20.4 Å². The third-order valence-corrected chi connectivity index (χ3v) is 8.90. The van der Waals surface area contributed by atoms with Crippen LogP contribution in [0, 0.1) is 13.8 Å². The van der Waals surface area contributed by atoms with E-state index in [0.29, 0.717) is 30.3 Å². The van der Waals surface area contributed by atoms with E-state index >= 15 is 0 Å². The van der Waals surface area contributed by atoms with Crippen LogP contribution in [0.25, 0.3) is 22.6 Å². The highest BCUT2D eigenvalue weighted by atomic mass is 16.4. The van der Waals surface area contributed by atoms with Crippen molar-refractivity contribution in [2.45, 2.75) is 143 Å². The van der Waals surface area contributed by atoms with Crippen LogP contribution >= 0.6 is 0 Å². The predicted molar refractivity (Wildman–Crippen MR) is 170 cm³/mol. The minimum Gasteiger partial charge on any atom is -0.394 e. The Kier molecular flexibility index (Phi) is 12.4. The number of aromatic nitrogens is 4. The SMILES string of the molecule is CCCCc1c(C)c(C)c(CCCC)c2c1nc1c(=O)n(CCCC)c(=O)nc-1n2CC(O)(CCCC)C(O)C(O)CO. The van der Waals surface area contributed by atoms with E-state index in [1.807, 2.05) is 13.8 Å². The van der Waals surface area contributed by atoms with Crippen LogP contribution in [0.1, 0.15) is 108 Å². The summed E-state index contributed by atoms with van der Waals surface area (Å²) in [5.41, 5.74) is 2.50. The predicted octanol–water partition coefficient (Wildman–Crippen LogP) is 3.80. The maximum Gasteiger partial charge on any atom is 0.352 e. The number of unbranched alkanes of at least 4 members (excludes halogenated alkanes) is 4. The summed E-state index contributed by atoms with van der Waals surface area (Å²) in [6, 6.07) is 0. The summed E-state index contributed by atoms with van der Waals surface area (Å²) in [6.07, 6.45) is 4.75. The second-order valence-corrected chi connectivity index (χ2v) is 12.1. The van der Waals surface area contributed by atoms with Gasteiger partial charge >= 0.3 is 5.69 Å². The fraction of sp³-hybridized carbons (Fsp3) is 0.697. The van der Waals surface area contributed by atoms with Gasteiger partial charge in [0.1, 0.15) is 17.8 Å². The number of fused-ring (bicyclic) bond motifs is 2. The monoisotopic (exact) mass is 600 g/mol. The average Bonchev–Trinajstić information content (AvgIpc) is 2.99. The van der Waals surface area contributed by atoms with Gasteiger partial charge < -0.3 is 25.0 Å². The van der Waals surface area contributed by atoms with Gasteiger partial charge in [-0.1, -0.05) is 59.8 Å². The lowest BCUT2D eigenvalue weighted by molar-refractivity contribution is -0.145. The van der Waals surface area contributed by atoms with E-state index < -0.39 is 35.7 Å². The maximum absolute atomic E-state index is 13.9. The molecule has 3 atom stereocenters. The van der Waals surface area contributed by atoms with Crippen molar-refractivity contribution in [2.75, 3.05) is 6.61 Å². The summed E-state index contributed by atoms with van der Waals surface area (Å²) in [7, 11) is 0. The molecule has 1 aromatic rings. The maximum atomic E-state index is 13.9. The quantitative estimate of drug-likeness (QED) is 0.171. The number of rotatable bonds is 17. The van der Waals surface area contributed by atoms with Gasteiger partial charge in [0.25, 0.3) is 5.56 Å². The first-order valence-electron chi connectivity index (χ1n) is 16.2. The Morgan fingerprint density at radius 1 is 0.814 bits per heavy atom. The Bertz CT molecular complexity index is 1460. The number of nitrogens with zero attached hydrogens (tertiary/aromatic N) is 4. The molecule has 0 radical (unpaired) electrons. The molecule has 0 saturated heterocycles. The van der Waals surface area contributed by atoms with Gasteiger partial charge in [0.05, 0.1) is 24.2 Å². The lowest BCUT2D eigenvalue weighted by Gasteiger charge is -2.37. The largest absolute Gasteiger partial charge is 0.394 e. The number of aryl methyl sites for hydroxylation is 2. The molecule has 0 amide bonds. The van der Waals surface area contributed by atoms with Crippen LogP contribution in [-0.4, -0.2) is 63.9 Å². The van der Waals surface area contributed by atoms with E-state index in [-0.39, 0.29) is 31.0 Å². The van der Waals surface area contributed by atoms with E-state index in [0.717, 1.165) is 71.8 Å². The van der Waals surface area contributed by atoms with Gasteiger partial charge in [0.2, 0.25) is 0 Å². The van der Waals surface area contributed by atoms with Crippen molar-refractivity contribution in [3.63, 3.8) is 0 Å². The molecule has 1 aromatic carbocycles. The van der Waals surface area contributed by atoms with Crippen LogP contribution in [0.5, 0.6) is 0 Å². The number of aliphatic hydroxyl groups is 4. The summed E-state index contributed by atoms with van der Waals surface area (Å²) in [6.45, 7) is 11.6. The van der Waals surface area contributed by atoms with Gasteiger partial charge in [-0.05, 0) is 74.6 Å². The molecule has 0 fully saturated rings. The molecule has 4 N–H and O–H groups in total. The van der Waals surface area contributed by atoms with Crippen molar-refractivity contribution in [1.29, 1.82) is 0 Å². The Morgan fingerprint density at radius 3 is 1.98 bits per heavy atom. The third-order valence-electron chi connectivity index (χ3n) is 8.90. The molecule has 3 rings (SSSR count). The molecule has 2 heterocycles. The topological polar surface area (TPSA) is 151 Å². The number of benzene rings is 1. The van der Waals surface area contributed by atoms with Crippen LogP contribution in [-0.2, 0) is 25.9 Å². The normalized spacial score (nSPS) is 14.8. The molecule has 10 heteroatoms. The Hall–Kier alpha value is -2.66. The molecule has 10 nitrogen and oxygen atoms in total. The first-order chi connectivity index (χ1) is 20.5. The molecule has 0 aliphatic carbocycles. The fourth-order valence-corrected chi connectivity index (χ4v) is 6.04. The lowest BCUT2D eigenvalue weighted by Crippen LogP contribution is -2.53. The summed E-state index contributed by atoms with van der Waals surface area (Å²) < 4.78 is 2.83. The highest BCUT2D eigenvalue weighted by Gasteiger charge is 2.41. The van der Waals surface area contributed by atoms with Gasteiger partial charge in [-0.2, -0.15) is 4.98 Å². The van der Waals surface area contributed by atoms with Crippen molar-refractivity contribution in [1.82, 2.24) is 19.1 Å². The van der Waals surface area contributed by atoms with Gasteiger partial charge in [-0.25, -0.2) is 9.78 Å². The zero-order chi connectivity index (χ0) is 31.9. The lowest BCUT2D eigenvalue weighted by atomic mass is 9.86. The van der Waals surface area contributed by atoms with Gasteiger partial charge in [0, 0.05) is 6.54 Å². The van der Waals surface area contributed by atoms with Crippen LogP contribution in [0.4, 0.5) is 0 Å². The molecule has 0 saturated carbocycles. The van der Waals surface area contributed by atoms with Crippen LogP contribution < -0.4 is 11.2 Å². The molecule has 0 spiro atoms. The summed E-state index contributed by atoms with van der Waals surface area (Å²) in [4.78, 5) is 36.5. The minimum atomic E-state index is -1.89. The van der Waals surface area contributed by atoms with Crippen LogP contribution in [0.2, 0.25) is 0 Å². The minimum absolute atomic E-state index is 0.0423. The van der Waals surface area contributed by atoms with E-state index in [1.54, 1.807) is 4.57 Å². The smallest absolute Gasteiger partial charge is 0.352 e. The van der Waals surface area contributed by atoms with Crippen molar-refractivity contribution in [2.24, 2.45) is 0 Å². The van der Waals surface area contributed by atoms with E-state index in [9.17, 15) is 30.0 Å². The summed E-state index contributed by atoms with van der Waals surface area (Å²) >= 11 is 0. The summed E-state index contributed by atoms with van der Waals surface area (Å²) in [5.74, 6) is 0.0540. The van der Waals surface area contributed by atoms with Gasteiger partial charge in [-0.15, -0.1) is 0 Å². The molecule has 2 aliphatic rings. The first-order valence-corrected chi connectivity index (χ1v) is 16.2. The molecule has 240 valence electrons. The van der Waals surface area contributed by atoms with E-state index in [2.05, 4.69) is 32.7 Å². The number of hydrogen-bond acceptors (Lipinski definition) is 8. The molecule has 0 aromatic heterocycles. The zero-order valence-corrected chi connectivity index (χ0v) is 26.9. The summed E-state index contributed by atoms with van der Waals surface area (Å²) in [5, 5.41) is 43.3. The average molecular weight is 601 g/mol. The van der Waals surface area contributed by atoms with Crippen LogP contribution in [0.3, 0.4) is 0 Å². The van der Waals surface area contributed by atoms with Crippen molar-refractivity contribution in [3.05, 3.63) is 43.1 Å². The molecule has 3 unspecified atom stereocenters. The molecule has 0 bridgehead atoms. The molecular formula is C33H52N4O6. The Morgan fingerprint density at radius 2 is 1.40 bits per heavy atom. The number of hydrogen-bond donors (Lipinski definition) is 4. The van der Waals surface area contributed by atoms with E-state index in [1.165, 1.54) is 0 Å². The van der Waals surface area contributed by atoms with E-state index in [4.69, 9.17) is 4.98 Å². The molecule has 2 aliphatic heterocycles. The number of aliphatic hydroxyl groups excluding tert-OH is 3.